The monoisotopic (exact) mass is 249 g/mol. The smallest absolute Gasteiger partial charge is 0.147 e. The van der Waals surface area contributed by atoms with Crippen molar-refractivity contribution in [1.29, 1.82) is 0 Å². The van der Waals surface area contributed by atoms with Gasteiger partial charge in [-0.1, -0.05) is 6.42 Å². The lowest BCUT2D eigenvalue weighted by atomic mass is 9.82. The summed E-state index contributed by atoms with van der Waals surface area (Å²) < 4.78 is 2.14. The molecule has 0 amide bonds. The Morgan fingerprint density at radius 2 is 2.06 bits per heavy atom. The highest BCUT2D eigenvalue weighted by Crippen LogP contribution is 2.34. The molecule has 2 unspecified atom stereocenters. The Hall–Kier alpha value is -0.940. The first-order valence-corrected chi connectivity index (χ1v) is 7.16. The molecule has 2 N–H and O–H groups in total. The molecule has 2 saturated heterocycles. The highest BCUT2D eigenvalue weighted by Gasteiger charge is 2.37. The highest BCUT2D eigenvalue weighted by molar-refractivity contribution is 4.97. The molecule has 3 heterocycles. The van der Waals surface area contributed by atoms with Crippen LogP contribution in [0.5, 0.6) is 0 Å². The summed E-state index contributed by atoms with van der Waals surface area (Å²) in [4.78, 5) is 2.63. The van der Waals surface area contributed by atoms with Crippen molar-refractivity contribution in [2.45, 2.75) is 70.2 Å². The standard InChI is InChI=1S/C13H23N5/c1-2-17-9-15-16-13(17)8-18-11-4-3-5-12(18)7-10(14)6-11/h9-12H,2-8,14H2,1H3. The fourth-order valence-corrected chi connectivity index (χ4v) is 3.61. The van der Waals surface area contributed by atoms with Crippen LogP contribution in [0.3, 0.4) is 0 Å². The van der Waals surface area contributed by atoms with Crippen molar-refractivity contribution < 1.29 is 0 Å². The lowest BCUT2D eigenvalue weighted by Crippen LogP contribution is -2.54. The number of piperidine rings is 2. The summed E-state index contributed by atoms with van der Waals surface area (Å²) in [5.41, 5.74) is 6.16. The lowest BCUT2D eigenvalue weighted by Gasteiger charge is -2.48. The van der Waals surface area contributed by atoms with E-state index >= 15 is 0 Å². The van der Waals surface area contributed by atoms with Crippen LogP contribution in [0.4, 0.5) is 0 Å². The quantitative estimate of drug-likeness (QED) is 0.872. The first kappa shape index (κ1) is 12.1. The topological polar surface area (TPSA) is 60.0 Å². The van der Waals surface area contributed by atoms with Crippen LogP contribution in [0.15, 0.2) is 6.33 Å². The summed E-state index contributed by atoms with van der Waals surface area (Å²) in [6.45, 7) is 4.03. The molecule has 0 radical (unpaired) electrons. The molecule has 2 bridgehead atoms. The molecule has 1 aromatic heterocycles. The average Bonchev–Trinajstić information content (AvgIpc) is 2.77. The molecule has 0 aliphatic carbocycles. The zero-order valence-electron chi connectivity index (χ0n) is 11.1. The number of nitrogens with two attached hydrogens (primary N) is 1. The van der Waals surface area contributed by atoms with Gasteiger partial charge in [-0.15, -0.1) is 10.2 Å². The molecule has 18 heavy (non-hydrogen) atoms. The maximum Gasteiger partial charge on any atom is 0.147 e. The van der Waals surface area contributed by atoms with E-state index in [1.165, 1.54) is 19.3 Å². The number of hydrogen-bond donors (Lipinski definition) is 1. The number of aryl methyl sites for hydroxylation is 1. The van der Waals surface area contributed by atoms with Crippen LogP contribution >= 0.6 is 0 Å². The second-order valence-electron chi connectivity index (χ2n) is 5.68. The summed E-state index contributed by atoms with van der Waals surface area (Å²) in [7, 11) is 0. The first-order chi connectivity index (χ1) is 8.78. The van der Waals surface area contributed by atoms with E-state index in [0.717, 1.165) is 31.8 Å². The lowest BCUT2D eigenvalue weighted by molar-refractivity contribution is 0.0215. The summed E-state index contributed by atoms with van der Waals surface area (Å²) in [5.74, 6) is 1.10. The van der Waals surface area contributed by atoms with Crippen molar-refractivity contribution in [2.75, 3.05) is 0 Å². The van der Waals surface area contributed by atoms with E-state index in [1.54, 1.807) is 0 Å². The molecule has 0 saturated carbocycles. The zero-order chi connectivity index (χ0) is 12.5. The van der Waals surface area contributed by atoms with Crippen LogP contribution in [0.1, 0.15) is 44.9 Å². The maximum atomic E-state index is 6.16. The predicted molar refractivity (Wildman–Crippen MR) is 69.9 cm³/mol. The van der Waals surface area contributed by atoms with Gasteiger partial charge >= 0.3 is 0 Å². The molecule has 2 fully saturated rings. The van der Waals surface area contributed by atoms with Crippen LogP contribution in [0, 0.1) is 0 Å². The average molecular weight is 249 g/mol. The van der Waals surface area contributed by atoms with E-state index in [-0.39, 0.29) is 0 Å². The molecule has 2 aliphatic rings. The SMILES string of the molecule is CCn1cnnc1CN1C2CCCC1CC(N)C2. The Labute approximate surface area is 108 Å². The molecule has 100 valence electrons. The second kappa shape index (κ2) is 4.97. The van der Waals surface area contributed by atoms with Crippen molar-refractivity contribution in [1.82, 2.24) is 19.7 Å². The molecule has 1 aromatic rings. The third kappa shape index (κ3) is 2.17. The van der Waals surface area contributed by atoms with E-state index in [4.69, 9.17) is 5.73 Å². The zero-order valence-corrected chi connectivity index (χ0v) is 11.1. The second-order valence-corrected chi connectivity index (χ2v) is 5.68. The normalized spacial score (nSPS) is 32.7. The number of fused-ring (bicyclic) bond motifs is 2. The van der Waals surface area contributed by atoms with Crippen molar-refractivity contribution in [3.8, 4) is 0 Å². The maximum absolute atomic E-state index is 6.16. The van der Waals surface area contributed by atoms with E-state index in [1.807, 2.05) is 6.33 Å². The predicted octanol–water partition coefficient (Wildman–Crippen LogP) is 1.14. The Kier molecular flexibility index (Phi) is 3.35. The van der Waals surface area contributed by atoms with Crippen molar-refractivity contribution >= 4 is 0 Å². The van der Waals surface area contributed by atoms with E-state index < -0.39 is 0 Å². The molecular formula is C13H23N5. The third-order valence-corrected chi connectivity index (χ3v) is 4.52. The minimum absolute atomic E-state index is 0.403. The van der Waals surface area contributed by atoms with Gasteiger partial charge in [0, 0.05) is 24.7 Å². The fourth-order valence-electron chi connectivity index (χ4n) is 3.61. The minimum Gasteiger partial charge on any atom is -0.328 e. The molecule has 0 aromatic carbocycles. The van der Waals surface area contributed by atoms with Crippen molar-refractivity contribution in [3.63, 3.8) is 0 Å². The van der Waals surface area contributed by atoms with E-state index in [0.29, 0.717) is 18.1 Å². The Morgan fingerprint density at radius 1 is 1.33 bits per heavy atom. The van der Waals surface area contributed by atoms with Crippen LogP contribution < -0.4 is 5.73 Å². The molecule has 5 heteroatoms. The first-order valence-electron chi connectivity index (χ1n) is 7.16. The molecule has 2 aliphatic heterocycles. The van der Waals surface area contributed by atoms with E-state index in [2.05, 4.69) is 26.6 Å². The molecule has 0 spiro atoms. The van der Waals surface area contributed by atoms with Crippen LogP contribution in [-0.2, 0) is 13.1 Å². The fraction of sp³-hybridized carbons (Fsp3) is 0.846. The largest absolute Gasteiger partial charge is 0.328 e. The third-order valence-electron chi connectivity index (χ3n) is 4.52. The molecule has 5 nitrogen and oxygen atoms in total. The van der Waals surface area contributed by atoms with Gasteiger partial charge in [-0.25, -0.2) is 0 Å². The minimum atomic E-state index is 0.403. The number of aromatic nitrogens is 3. The highest BCUT2D eigenvalue weighted by atomic mass is 15.3. The number of nitrogens with zero attached hydrogens (tertiary/aromatic N) is 4. The Bertz CT molecular complexity index is 388. The number of hydrogen-bond acceptors (Lipinski definition) is 4. The van der Waals surface area contributed by atoms with E-state index in [9.17, 15) is 0 Å². The van der Waals surface area contributed by atoms with Gasteiger partial charge in [0.25, 0.3) is 0 Å². The van der Waals surface area contributed by atoms with Gasteiger partial charge in [-0.05, 0) is 32.6 Å². The summed E-state index contributed by atoms with van der Waals surface area (Å²) in [5, 5.41) is 8.30. The van der Waals surface area contributed by atoms with Crippen molar-refractivity contribution in [2.24, 2.45) is 5.73 Å². The Morgan fingerprint density at radius 3 is 2.72 bits per heavy atom. The van der Waals surface area contributed by atoms with Gasteiger partial charge in [-0.3, -0.25) is 4.90 Å². The van der Waals surface area contributed by atoms with Gasteiger partial charge in [-0.2, -0.15) is 0 Å². The van der Waals surface area contributed by atoms with Gasteiger partial charge in [0.15, 0.2) is 0 Å². The summed E-state index contributed by atoms with van der Waals surface area (Å²) >= 11 is 0. The van der Waals surface area contributed by atoms with Crippen LogP contribution in [-0.4, -0.2) is 37.8 Å². The van der Waals surface area contributed by atoms with Crippen molar-refractivity contribution in [3.05, 3.63) is 12.2 Å². The van der Waals surface area contributed by atoms with Crippen LogP contribution in [0.25, 0.3) is 0 Å². The molecule has 2 atom stereocenters. The molecule has 3 rings (SSSR count). The van der Waals surface area contributed by atoms with Gasteiger partial charge in [0.05, 0.1) is 6.54 Å². The van der Waals surface area contributed by atoms with Gasteiger partial charge < -0.3 is 10.3 Å². The Balaban J connectivity index is 1.76. The van der Waals surface area contributed by atoms with Gasteiger partial charge in [0.2, 0.25) is 0 Å². The van der Waals surface area contributed by atoms with Gasteiger partial charge in [0.1, 0.15) is 12.2 Å². The molecular weight excluding hydrogens is 226 g/mol. The van der Waals surface area contributed by atoms with Crippen LogP contribution in [0.2, 0.25) is 0 Å². The summed E-state index contributed by atoms with van der Waals surface area (Å²) in [6.07, 6.45) is 8.09. The number of rotatable bonds is 3. The summed E-state index contributed by atoms with van der Waals surface area (Å²) in [6, 6.07) is 1.73.